The van der Waals surface area contributed by atoms with Gasteiger partial charge in [0.2, 0.25) is 0 Å². The summed E-state index contributed by atoms with van der Waals surface area (Å²) in [6.07, 6.45) is 0.511. The number of halogens is 3. The fraction of sp³-hybridized carbons (Fsp3) is 0.250. The molecule has 1 aromatic heterocycles. The molecule has 0 aliphatic carbocycles. The third-order valence-electron chi connectivity index (χ3n) is 1.47. The van der Waals surface area contributed by atoms with Crippen LogP contribution in [0.2, 0.25) is 5.15 Å². The van der Waals surface area contributed by atoms with Crippen LogP contribution < -0.4 is 4.74 Å². The molecule has 0 amide bonds. The Morgan fingerprint density at radius 1 is 1.67 bits per heavy atom. The van der Waals surface area contributed by atoms with E-state index in [2.05, 4.69) is 9.72 Å². The molecular formula is C8H6ClF2NO3. The highest BCUT2D eigenvalue weighted by atomic mass is 35.5. The number of aliphatic carboxylic acids is 1. The number of rotatable bonds is 4. The Morgan fingerprint density at radius 3 is 2.87 bits per heavy atom. The number of aromatic nitrogens is 1. The Balaban J connectivity index is 2.97. The molecule has 0 atom stereocenters. The second-order valence-corrected chi connectivity index (χ2v) is 2.95. The summed E-state index contributed by atoms with van der Waals surface area (Å²) in [5.74, 6) is -1.45. The molecule has 1 aromatic rings. The fourth-order valence-electron chi connectivity index (χ4n) is 0.959. The zero-order chi connectivity index (χ0) is 11.4. The molecule has 82 valence electrons. The van der Waals surface area contributed by atoms with Gasteiger partial charge in [0, 0.05) is 5.56 Å². The van der Waals surface area contributed by atoms with Crippen LogP contribution in [0.3, 0.4) is 0 Å². The number of carboxylic acid groups (broad SMARTS) is 1. The number of nitrogens with zero attached hydrogens (tertiary/aromatic N) is 1. The number of hydrogen-bond acceptors (Lipinski definition) is 3. The van der Waals surface area contributed by atoms with Crippen molar-refractivity contribution in [2.45, 2.75) is 13.0 Å². The van der Waals surface area contributed by atoms with Crippen LogP contribution >= 0.6 is 11.6 Å². The lowest BCUT2D eigenvalue weighted by atomic mass is 10.2. The molecule has 0 aliphatic heterocycles. The zero-order valence-electron chi connectivity index (χ0n) is 7.28. The van der Waals surface area contributed by atoms with Crippen LogP contribution in [-0.4, -0.2) is 22.7 Å². The molecule has 0 unspecified atom stereocenters. The van der Waals surface area contributed by atoms with Crippen LogP contribution in [0.1, 0.15) is 5.56 Å². The van der Waals surface area contributed by atoms with Gasteiger partial charge < -0.3 is 9.84 Å². The summed E-state index contributed by atoms with van der Waals surface area (Å²) in [7, 11) is 0. The van der Waals surface area contributed by atoms with Crippen molar-refractivity contribution < 1.29 is 23.4 Å². The van der Waals surface area contributed by atoms with Crippen LogP contribution in [0, 0.1) is 0 Å². The quantitative estimate of drug-likeness (QED) is 0.814. The third-order valence-corrected chi connectivity index (χ3v) is 1.68. The number of hydrogen-bond donors (Lipinski definition) is 1. The van der Waals surface area contributed by atoms with Crippen molar-refractivity contribution in [3.8, 4) is 5.75 Å². The molecule has 4 nitrogen and oxygen atoms in total. The minimum absolute atomic E-state index is 0.0212. The Morgan fingerprint density at radius 2 is 2.33 bits per heavy atom. The number of ether oxygens (including phenoxy) is 1. The predicted octanol–water partition coefficient (Wildman–Crippen LogP) is 1.96. The van der Waals surface area contributed by atoms with E-state index < -0.39 is 19.0 Å². The second-order valence-electron chi connectivity index (χ2n) is 2.56. The van der Waals surface area contributed by atoms with Crippen molar-refractivity contribution in [2.75, 3.05) is 0 Å². The van der Waals surface area contributed by atoms with E-state index in [1.807, 2.05) is 0 Å². The van der Waals surface area contributed by atoms with E-state index in [0.29, 0.717) is 0 Å². The molecule has 0 spiro atoms. The highest BCUT2D eigenvalue weighted by molar-refractivity contribution is 6.29. The average molecular weight is 238 g/mol. The predicted molar refractivity (Wildman–Crippen MR) is 47.2 cm³/mol. The Labute approximate surface area is 88.4 Å². The molecule has 0 saturated heterocycles. The van der Waals surface area contributed by atoms with Gasteiger partial charge in [-0.2, -0.15) is 8.78 Å². The van der Waals surface area contributed by atoms with Gasteiger partial charge in [-0.25, -0.2) is 4.98 Å². The fourth-order valence-corrected chi connectivity index (χ4v) is 1.14. The van der Waals surface area contributed by atoms with Crippen LogP contribution in [0.15, 0.2) is 12.3 Å². The van der Waals surface area contributed by atoms with Crippen LogP contribution in [0.25, 0.3) is 0 Å². The SMILES string of the molecule is O=C(O)Cc1cc(Cl)ncc1OC(F)F. The van der Waals surface area contributed by atoms with Gasteiger partial charge in [0.1, 0.15) is 10.9 Å². The van der Waals surface area contributed by atoms with Crippen LogP contribution in [0.4, 0.5) is 8.78 Å². The van der Waals surface area contributed by atoms with Gasteiger partial charge in [0.15, 0.2) is 0 Å². The molecule has 15 heavy (non-hydrogen) atoms. The lowest BCUT2D eigenvalue weighted by Gasteiger charge is -2.08. The highest BCUT2D eigenvalue weighted by Gasteiger charge is 2.13. The summed E-state index contributed by atoms with van der Waals surface area (Å²) >= 11 is 5.49. The van der Waals surface area contributed by atoms with Crippen molar-refractivity contribution in [2.24, 2.45) is 0 Å². The largest absolute Gasteiger partial charge is 0.481 e. The van der Waals surface area contributed by atoms with Gasteiger partial charge in [-0.1, -0.05) is 11.6 Å². The van der Waals surface area contributed by atoms with E-state index in [9.17, 15) is 13.6 Å². The van der Waals surface area contributed by atoms with Gasteiger partial charge >= 0.3 is 12.6 Å². The first kappa shape index (κ1) is 11.6. The summed E-state index contributed by atoms with van der Waals surface area (Å²) < 4.78 is 27.9. The smallest absolute Gasteiger partial charge is 0.387 e. The Kier molecular flexibility index (Phi) is 3.79. The van der Waals surface area contributed by atoms with E-state index in [1.165, 1.54) is 6.07 Å². The summed E-state index contributed by atoms with van der Waals surface area (Å²) in [5.41, 5.74) is 0.0581. The summed E-state index contributed by atoms with van der Waals surface area (Å²) in [5, 5.41) is 8.53. The maximum Gasteiger partial charge on any atom is 0.387 e. The number of carbonyl (C=O) groups is 1. The van der Waals surface area contributed by atoms with E-state index in [4.69, 9.17) is 16.7 Å². The van der Waals surface area contributed by atoms with Crippen molar-refractivity contribution in [1.82, 2.24) is 4.98 Å². The van der Waals surface area contributed by atoms with Crippen molar-refractivity contribution in [3.05, 3.63) is 23.0 Å². The van der Waals surface area contributed by atoms with Gasteiger partial charge in [-0.05, 0) is 6.07 Å². The molecule has 0 radical (unpaired) electrons. The molecule has 0 bridgehead atoms. The molecule has 0 aliphatic rings. The molecule has 0 aromatic carbocycles. The van der Waals surface area contributed by atoms with E-state index >= 15 is 0 Å². The lowest BCUT2D eigenvalue weighted by Crippen LogP contribution is -2.08. The monoisotopic (exact) mass is 237 g/mol. The first-order valence-corrected chi connectivity index (χ1v) is 4.18. The standard InChI is InChI=1S/C8H6ClF2NO3/c9-6-1-4(2-7(13)14)5(3-12-6)15-8(10)11/h1,3,8H,2H2,(H,13,14). The minimum atomic E-state index is -3.03. The van der Waals surface area contributed by atoms with Crippen LogP contribution in [-0.2, 0) is 11.2 Å². The summed E-state index contributed by atoms with van der Waals surface area (Å²) in [6.45, 7) is -3.03. The third kappa shape index (κ3) is 3.67. The first-order chi connectivity index (χ1) is 6.99. The molecule has 0 saturated carbocycles. The second kappa shape index (κ2) is 4.88. The molecule has 1 N–H and O–H groups in total. The molecular weight excluding hydrogens is 232 g/mol. The lowest BCUT2D eigenvalue weighted by molar-refractivity contribution is -0.136. The van der Waals surface area contributed by atoms with Crippen molar-refractivity contribution >= 4 is 17.6 Å². The molecule has 0 fully saturated rings. The van der Waals surface area contributed by atoms with Gasteiger partial charge in [0.05, 0.1) is 12.6 Å². The highest BCUT2D eigenvalue weighted by Crippen LogP contribution is 2.22. The minimum Gasteiger partial charge on any atom is -0.481 e. The van der Waals surface area contributed by atoms with E-state index in [-0.39, 0.29) is 16.5 Å². The van der Waals surface area contributed by atoms with Crippen molar-refractivity contribution in [1.29, 1.82) is 0 Å². The normalized spacial score (nSPS) is 10.4. The molecule has 7 heteroatoms. The molecule has 1 rings (SSSR count). The first-order valence-electron chi connectivity index (χ1n) is 3.80. The van der Waals surface area contributed by atoms with E-state index in [1.54, 1.807) is 0 Å². The Hall–Kier alpha value is -1.43. The number of alkyl halides is 2. The maximum atomic E-state index is 11.9. The number of carboxylic acids is 1. The summed E-state index contributed by atoms with van der Waals surface area (Å²) in [6, 6.07) is 1.17. The number of pyridine rings is 1. The average Bonchev–Trinajstić information content (AvgIpc) is 2.08. The zero-order valence-corrected chi connectivity index (χ0v) is 8.04. The summed E-state index contributed by atoms with van der Waals surface area (Å²) in [4.78, 5) is 13.9. The maximum absolute atomic E-state index is 11.9. The van der Waals surface area contributed by atoms with Gasteiger partial charge in [0.25, 0.3) is 0 Å². The van der Waals surface area contributed by atoms with Gasteiger partial charge in [-0.3, -0.25) is 4.79 Å². The van der Waals surface area contributed by atoms with Crippen LogP contribution in [0.5, 0.6) is 5.75 Å². The van der Waals surface area contributed by atoms with E-state index in [0.717, 1.165) is 6.20 Å². The molecule has 1 heterocycles. The van der Waals surface area contributed by atoms with Gasteiger partial charge in [-0.15, -0.1) is 0 Å². The topological polar surface area (TPSA) is 59.4 Å². The Bertz CT molecular complexity index is 373. The van der Waals surface area contributed by atoms with Crippen molar-refractivity contribution in [3.63, 3.8) is 0 Å².